The highest BCUT2D eigenvalue weighted by Gasteiger charge is 2.06. The molecule has 0 aliphatic heterocycles. The first kappa shape index (κ1) is 9.45. The zero-order valence-corrected chi connectivity index (χ0v) is 9.27. The Balaban J connectivity index is 2.58. The molecule has 1 heterocycles. The fourth-order valence-electron chi connectivity index (χ4n) is 1.17. The summed E-state index contributed by atoms with van der Waals surface area (Å²) in [5.41, 5.74) is 6.47. The molecule has 2 aromatic rings. The maximum absolute atomic E-state index is 12.8. The van der Waals surface area contributed by atoms with E-state index in [9.17, 15) is 4.39 Å². The maximum Gasteiger partial charge on any atom is 0.127 e. The highest BCUT2D eigenvalue weighted by Crippen LogP contribution is 2.19. The lowest BCUT2D eigenvalue weighted by molar-refractivity contribution is 0.626. The van der Waals surface area contributed by atoms with Crippen LogP contribution in [-0.2, 0) is 0 Å². The molecule has 5 heteroatoms. The van der Waals surface area contributed by atoms with Gasteiger partial charge in [0.2, 0.25) is 0 Å². The van der Waals surface area contributed by atoms with Crippen LogP contribution >= 0.6 is 22.6 Å². The van der Waals surface area contributed by atoms with Gasteiger partial charge >= 0.3 is 0 Å². The fourth-order valence-corrected chi connectivity index (χ4v) is 1.87. The summed E-state index contributed by atoms with van der Waals surface area (Å²) < 4.78 is 15.2. The lowest BCUT2D eigenvalue weighted by Crippen LogP contribution is -2.03. The minimum absolute atomic E-state index is 0.260. The number of rotatable bonds is 1. The lowest BCUT2D eigenvalue weighted by atomic mass is 10.3. The molecule has 2 N–H and O–H groups in total. The van der Waals surface area contributed by atoms with E-state index in [0.717, 1.165) is 9.26 Å². The molecule has 0 radical (unpaired) electrons. The Hall–Kier alpha value is -1.11. The largest absolute Gasteiger partial charge is 0.384 e. The van der Waals surface area contributed by atoms with Crippen LogP contribution in [0.15, 0.2) is 30.5 Å². The predicted octanol–water partition coefficient (Wildman–Crippen LogP) is 2.20. The lowest BCUT2D eigenvalue weighted by Gasteiger charge is -2.06. The molecule has 0 bridgehead atoms. The number of nitrogens with zero attached hydrogens (tertiary/aromatic N) is 2. The second kappa shape index (κ2) is 3.56. The second-order valence-electron chi connectivity index (χ2n) is 2.76. The second-order valence-corrected chi connectivity index (χ2v) is 3.93. The number of hydrogen-bond donors (Lipinski definition) is 1. The topological polar surface area (TPSA) is 43.8 Å². The van der Waals surface area contributed by atoms with Gasteiger partial charge in [-0.3, -0.25) is 0 Å². The minimum Gasteiger partial charge on any atom is -0.384 e. The van der Waals surface area contributed by atoms with E-state index >= 15 is 0 Å². The summed E-state index contributed by atoms with van der Waals surface area (Å²) in [6.45, 7) is 0. The van der Waals surface area contributed by atoms with Crippen LogP contribution in [0, 0.1) is 9.39 Å². The van der Waals surface area contributed by atoms with Gasteiger partial charge in [-0.05, 0) is 40.8 Å². The van der Waals surface area contributed by atoms with Gasteiger partial charge in [0.15, 0.2) is 0 Å². The molecular formula is C9H7FIN3. The zero-order valence-electron chi connectivity index (χ0n) is 7.11. The molecule has 72 valence electrons. The molecule has 0 fully saturated rings. The van der Waals surface area contributed by atoms with Gasteiger partial charge in [0.05, 0.1) is 11.9 Å². The summed E-state index contributed by atoms with van der Waals surface area (Å²) >= 11 is 2.05. The van der Waals surface area contributed by atoms with Gasteiger partial charge < -0.3 is 5.73 Å². The maximum atomic E-state index is 12.8. The number of nitrogens with two attached hydrogens (primary N) is 1. The van der Waals surface area contributed by atoms with Crippen LogP contribution in [0.2, 0.25) is 0 Å². The quantitative estimate of drug-likeness (QED) is 0.821. The molecule has 1 aromatic heterocycles. The average molecular weight is 303 g/mol. The molecule has 3 nitrogen and oxygen atoms in total. The summed E-state index contributed by atoms with van der Waals surface area (Å²) in [5.74, 6) is 0.276. The highest BCUT2D eigenvalue weighted by atomic mass is 127. The number of aromatic nitrogens is 2. The van der Waals surface area contributed by atoms with Crippen LogP contribution in [0.1, 0.15) is 0 Å². The van der Waals surface area contributed by atoms with E-state index < -0.39 is 0 Å². The van der Waals surface area contributed by atoms with Crippen molar-refractivity contribution in [2.45, 2.75) is 0 Å². The Bertz CT molecular complexity index is 467. The van der Waals surface area contributed by atoms with E-state index in [1.54, 1.807) is 23.0 Å². The van der Waals surface area contributed by atoms with Crippen molar-refractivity contribution in [1.82, 2.24) is 9.78 Å². The average Bonchev–Trinajstić information content (AvgIpc) is 2.52. The van der Waals surface area contributed by atoms with E-state index in [1.165, 1.54) is 12.1 Å². The van der Waals surface area contributed by atoms with Crippen LogP contribution in [0.3, 0.4) is 0 Å². The van der Waals surface area contributed by atoms with E-state index in [0.29, 0.717) is 5.82 Å². The Morgan fingerprint density at radius 3 is 2.71 bits per heavy atom. The van der Waals surface area contributed by atoms with Crippen molar-refractivity contribution in [2.24, 2.45) is 0 Å². The van der Waals surface area contributed by atoms with Crippen molar-refractivity contribution < 1.29 is 4.39 Å². The molecule has 1 aromatic carbocycles. The van der Waals surface area contributed by atoms with Gasteiger partial charge in [-0.2, -0.15) is 5.10 Å². The summed E-state index contributed by atoms with van der Waals surface area (Å²) in [7, 11) is 0. The summed E-state index contributed by atoms with van der Waals surface area (Å²) in [4.78, 5) is 0. The highest BCUT2D eigenvalue weighted by molar-refractivity contribution is 14.1. The summed E-state index contributed by atoms with van der Waals surface area (Å²) in [6.07, 6.45) is 1.61. The van der Waals surface area contributed by atoms with Crippen LogP contribution in [0.4, 0.5) is 10.2 Å². The Labute approximate surface area is 93.9 Å². The third kappa shape index (κ3) is 1.59. The SMILES string of the molecule is Nc1ccnn1-c1ccc(F)cc1I. The third-order valence-electron chi connectivity index (χ3n) is 1.81. The summed E-state index contributed by atoms with van der Waals surface area (Å²) in [6, 6.07) is 6.18. The Morgan fingerprint density at radius 1 is 1.36 bits per heavy atom. The van der Waals surface area contributed by atoms with E-state index in [4.69, 9.17) is 5.73 Å². The molecule has 14 heavy (non-hydrogen) atoms. The molecule has 0 aliphatic rings. The molecule has 0 saturated carbocycles. The molecule has 0 amide bonds. The van der Waals surface area contributed by atoms with Crippen molar-refractivity contribution in [3.63, 3.8) is 0 Å². The fraction of sp³-hybridized carbons (Fsp3) is 0. The van der Waals surface area contributed by atoms with E-state index in [1.807, 2.05) is 22.6 Å². The number of hydrogen-bond acceptors (Lipinski definition) is 2. The first-order chi connectivity index (χ1) is 6.68. The number of nitrogen functional groups attached to an aromatic ring is 1. The van der Waals surface area contributed by atoms with E-state index in [2.05, 4.69) is 5.10 Å². The smallest absolute Gasteiger partial charge is 0.127 e. The van der Waals surface area contributed by atoms with Crippen molar-refractivity contribution in [3.05, 3.63) is 39.8 Å². The van der Waals surface area contributed by atoms with Gasteiger partial charge in [-0.15, -0.1) is 0 Å². The van der Waals surface area contributed by atoms with Gasteiger partial charge in [0.25, 0.3) is 0 Å². The molecular weight excluding hydrogens is 296 g/mol. The minimum atomic E-state index is -0.260. The van der Waals surface area contributed by atoms with Crippen molar-refractivity contribution in [3.8, 4) is 5.69 Å². The third-order valence-corrected chi connectivity index (χ3v) is 2.67. The van der Waals surface area contributed by atoms with Gasteiger partial charge in [-0.25, -0.2) is 9.07 Å². The van der Waals surface area contributed by atoms with Crippen LogP contribution in [0.5, 0.6) is 0 Å². The van der Waals surface area contributed by atoms with Crippen molar-refractivity contribution in [1.29, 1.82) is 0 Å². The first-order valence-corrected chi connectivity index (χ1v) is 5.01. The molecule has 0 aliphatic carbocycles. The van der Waals surface area contributed by atoms with Crippen molar-refractivity contribution in [2.75, 3.05) is 5.73 Å². The van der Waals surface area contributed by atoms with E-state index in [-0.39, 0.29) is 5.82 Å². The number of anilines is 1. The van der Waals surface area contributed by atoms with Crippen LogP contribution < -0.4 is 5.73 Å². The predicted molar refractivity (Wildman–Crippen MR) is 60.7 cm³/mol. The molecule has 0 unspecified atom stereocenters. The molecule has 0 spiro atoms. The zero-order chi connectivity index (χ0) is 10.1. The number of benzene rings is 1. The van der Waals surface area contributed by atoms with Gasteiger partial charge in [0.1, 0.15) is 11.6 Å². The summed E-state index contributed by atoms with van der Waals surface area (Å²) in [5, 5.41) is 4.04. The normalized spacial score (nSPS) is 10.4. The standard InChI is InChI=1S/C9H7FIN3/c10-6-1-2-8(7(11)5-6)14-9(12)3-4-13-14/h1-5H,12H2. The number of halogens is 2. The molecule has 0 atom stereocenters. The van der Waals surface area contributed by atoms with Crippen LogP contribution in [-0.4, -0.2) is 9.78 Å². The first-order valence-electron chi connectivity index (χ1n) is 3.93. The monoisotopic (exact) mass is 303 g/mol. The van der Waals surface area contributed by atoms with Crippen LogP contribution in [0.25, 0.3) is 5.69 Å². The Morgan fingerprint density at radius 2 is 2.14 bits per heavy atom. The van der Waals surface area contributed by atoms with Crippen molar-refractivity contribution >= 4 is 28.4 Å². The van der Waals surface area contributed by atoms with Gasteiger partial charge in [-0.1, -0.05) is 0 Å². The molecule has 2 rings (SSSR count). The van der Waals surface area contributed by atoms with Gasteiger partial charge in [0, 0.05) is 9.64 Å². The molecule has 0 saturated heterocycles. The Kier molecular flexibility index (Phi) is 2.40.